The Balaban J connectivity index is 5.46. The third-order valence-corrected chi connectivity index (χ3v) is 4.68. The van der Waals surface area contributed by atoms with Crippen LogP contribution in [-0.4, -0.2) is 81.8 Å². The average molecular weight is 447 g/mol. The van der Waals surface area contributed by atoms with Gasteiger partial charge in [0.2, 0.25) is 23.6 Å². The predicted molar refractivity (Wildman–Crippen MR) is 108 cm³/mol. The van der Waals surface area contributed by atoms with Crippen LogP contribution in [0.1, 0.15) is 40.0 Å². The summed E-state index contributed by atoms with van der Waals surface area (Å²) >= 11 is 0. The molecule has 0 spiro atoms. The van der Waals surface area contributed by atoms with Gasteiger partial charge in [-0.25, -0.2) is 4.79 Å². The van der Waals surface area contributed by atoms with Crippen molar-refractivity contribution in [2.75, 3.05) is 6.61 Å². The van der Waals surface area contributed by atoms with E-state index in [1.165, 1.54) is 6.92 Å². The highest BCUT2D eigenvalue weighted by Gasteiger charge is 2.34. The van der Waals surface area contributed by atoms with Gasteiger partial charge >= 0.3 is 5.97 Å². The normalized spacial score (nSPS) is 16.7. The van der Waals surface area contributed by atoms with E-state index in [2.05, 4.69) is 16.0 Å². The average Bonchev–Trinajstić information content (AvgIpc) is 2.70. The third-order valence-electron chi connectivity index (χ3n) is 4.68. The Morgan fingerprint density at radius 1 is 0.935 bits per heavy atom. The Bertz CT molecular complexity index is 657. The smallest absolute Gasteiger partial charge is 0.326 e. The van der Waals surface area contributed by atoms with Crippen molar-refractivity contribution in [3.8, 4) is 0 Å². The number of carboxylic acids is 1. The number of aliphatic hydroxyl groups excluding tert-OH is 2. The van der Waals surface area contributed by atoms with Gasteiger partial charge in [0, 0.05) is 6.42 Å². The summed E-state index contributed by atoms with van der Waals surface area (Å²) in [6.45, 7) is 3.94. The Hall–Kier alpha value is -2.77. The lowest BCUT2D eigenvalue weighted by Gasteiger charge is -2.28. The van der Waals surface area contributed by atoms with Crippen LogP contribution in [-0.2, 0) is 24.0 Å². The Kier molecular flexibility index (Phi) is 12.3. The van der Waals surface area contributed by atoms with E-state index in [1.54, 1.807) is 13.8 Å². The van der Waals surface area contributed by atoms with Crippen molar-refractivity contribution in [2.24, 2.45) is 17.4 Å². The van der Waals surface area contributed by atoms with E-state index < -0.39 is 72.4 Å². The van der Waals surface area contributed by atoms with Crippen molar-refractivity contribution in [2.45, 2.75) is 70.3 Å². The number of carboxylic acid groups (broad SMARTS) is 1. The summed E-state index contributed by atoms with van der Waals surface area (Å²) in [6, 6.07) is -5.39. The lowest BCUT2D eigenvalue weighted by atomic mass is 9.96. The zero-order chi connectivity index (χ0) is 24.3. The van der Waals surface area contributed by atoms with Crippen molar-refractivity contribution in [1.82, 2.24) is 16.0 Å². The summed E-state index contributed by atoms with van der Waals surface area (Å²) in [5.74, 6) is -5.16. The molecule has 6 atom stereocenters. The van der Waals surface area contributed by atoms with E-state index >= 15 is 0 Å². The molecule has 0 aliphatic rings. The molecule has 13 heteroatoms. The molecule has 4 amide bonds. The van der Waals surface area contributed by atoms with Gasteiger partial charge in [-0.2, -0.15) is 0 Å². The van der Waals surface area contributed by atoms with Crippen LogP contribution in [0.15, 0.2) is 0 Å². The molecule has 13 nitrogen and oxygen atoms in total. The van der Waals surface area contributed by atoms with E-state index in [0.717, 1.165) is 0 Å². The number of primary amides is 1. The van der Waals surface area contributed by atoms with Gasteiger partial charge in [0.1, 0.15) is 24.2 Å². The molecule has 0 aromatic heterocycles. The number of amides is 4. The van der Waals surface area contributed by atoms with Crippen LogP contribution in [0.3, 0.4) is 0 Å². The molecule has 0 heterocycles. The first-order valence-corrected chi connectivity index (χ1v) is 9.82. The van der Waals surface area contributed by atoms with Crippen LogP contribution >= 0.6 is 0 Å². The molecule has 0 aliphatic carbocycles. The molecule has 0 saturated carbocycles. The molecular formula is C18H33N5O8. The van der Waals surface area contributed by atoms with Crippen molar-refractivity contribution in [3.05, 3.63) is 0 Å². The second kappa shape index (κ2) is 13.5. The number of nitrogens with two attached hydrogens (primary N) is 2. The van der Waals surface area contributed by atoms with Gasteiger partial charge < -0.3 is 42.7 Å². The second-order valence-electron chi connectivity index (χ2n) is 7.29. The molecule has 31 heavy (non-hydrogen) atoms. The first kappa shape index (κ1) is 28.2. The fraction of sp³-hybridized carbons (Fsp3) is 0.722. The maximum Gasteiger partial charge on any atom is 0.326 e. The monoisotopic (exact) mass is 447 g/mol. The molecule has 0 aliphatic heterocycles. The molecule has 0 aromatic carbocycles. The minimum atomic E-state index is -1.48. The maximum absolute atomic E-state index is 12.7. The highest BCUT2D eigenvalue weighted by molar-refractivity contribution is 5.94. The van der Waals surface area contributed by atoms with E-state index in [-0.39, 0.29) is 12.8 Å². The first-order chi connectivity index (χ1) is 14.3. The highest BCUT2D eigenvalue weighted by Crippen LogP contribution is 2.10. The van der Waals surface area contributed by atoms with Crippen LogP contribution in [0.4, 0.5) is 0 Å². The topological polar surface area (TPSA) is 234 Å². The number of aliphatic carboxylic acids is 1. The second-order valence-corrected chi connectivity index (χ2v) is 7.29. The molecule has 0 rings (SSSR count). The van der Waals surface area contributed by atoms with Gasteiger partial charge in [0.15, 0.2) is 0 Å². The molecule has 178 valence electrons. The molecule has 0 radical (unpaired) electrons. The van der Waals surface area contributed by atoms with Crippen LogP contribution in [0.5, 0.6) is 0 Å². The summed E-state index contributed by atoms with van der Waals surface area (Å²) in [7, 11) is 0. The summed E-state index contributed by atoms with van der Waals surface area (Å²) in [5, 5.41) is 35.0. The van der Waals surface area contributed by atoms with Gasteiger partial charge in [-0.05, 0) is 19.3 Å². The summed E-state index contributed by atoms with van der Waals surface area (Å²) in [5.41, 5.74) is 10.4. The number of nitrogens with one attached hydrogen (secondary N) is 3. The number of aliphatic hydroxyl groups is 2. The molecule has 0 bridgehead atoms. The molecular weight excluding hydrogens is 414 g/mol. The van der Waals surface area contributed by atoms with E-state index in [0.29, 0.717) is 6.42 Å². The SMILES string of the molecule is CCC(C)C(NC(=O)C(NC(=O)C(N)CO)C(C)O)C(=O)NC(CCC(N)=O)C(=O)O. The van der Waals surface area contributed by atoms with E-state index in [9.17, 15) is 34.2 Å². The van der Waals surface area contributed by atoms with Crippen molar-refractivity contribution in [1.29, 1.82) is 0 Å². The van der Waals surface area contributed by atoms with E-state index in [1.807, 2.05) is 0 Å². The molecule has 0 aromatic rings. The number of rotatable bonds is 14. The standard InChI is InChI=1S/C18H33N5O8/c1-4-8(2)13(16(28)21-11(18(30)31)5-6-12(20)26)22-17(29)14(9(3)25)23-15(27)10(19)7-24/h8-11,13-14,24-25H,4-7,19H2,1-3H3,(H2,20,26)(H,21,28)(H,22,29)(H,23,27)(H,30,31). The fourth-order valence-corrected chi connectivity index (χ4v) is 2.50. The van der Waals surface area contributed by atoms with Crippen LogP contribution in [0.2, 0.25) is 0 Å². The zero-order valence-electron chi connectivity index (χ0n) is 17.8. The van der Waals surface area contributed by atoms with Gasteiger partial charge in [-0.15, -0.1) is 0 Å². The minimum absolute atomic E-state index is 0.233. The Morgan fingerprint density at radius 2 is 1.45 bits per heavy atom. The number of hydrogen-bond donors (Lipinski definition) is 8. The van der Waals surface area contributed by atoms with Crippen LogP contribution < -0.4 is 27.4 Å². The van der Waals surface area contributed by atoms with Crippen molar-refractivity contribution >= 4 is 29.6 Å². The van der Waals surface area contributed by atoms with Crippen LogP contribution in [0.25, 0.3) is 0 Å². The van der Waals surface area contributed by atoms with Gasteiger partial charge in [-0.1, -0.05) is 20.3 Å². The largest absolute Gasteiger partial charge is 0.480 e. The van der Waals surface area contributed by atoms with Crippen LogP contribution in [0, 0.1) is 5.92 Å². The third kappa shape index (κ3) is 9.72. The Labute approximate surface area is 179 Å². The Morgan fingerprint density at radius 3 is 1.87 bits per heavy atom. The minimum Gasteiger partial charge on any atom is -0.480 e. The maximum atomic E-state index is 12.7. The van der Waals surface area contributed by atoms with Crippen molar-refractivity contribution < 1.29 is 39.3 Å². The zero-order valence-corrected chi connectivity index (χ0v) is 17.8. The quantitative estimate of drug-likeness (QED) is 0.132. The van der Waals surface area contributed by atoms with Crippen molar-refractivity contribution in [3.63, 3.8) is 0 Å². The molecule has 6 unspecified atom stereocenters. The lowest BCUT2D eigenvalue weighted by Crippen LogP contribution is -2.61. The molecule has 10 N–H and O–H groups in total. The highest BCUT2D eigenvalue weighted by atomic mass is 16.4. The first-order valence-electron chi connectivity index (χ1n) is 9.82. The summed E-state index contributed by atoms with van der Waals surface area (Å²) in [6.07, 6.45) is -1.43. The van der Waals surface area contributed by atoms with Gasteiger partial charge in [0.05, 0.1) is 12.7 Å². The summed E-state index contributed by atoms with van der Waals surface area (Å²) < 4.78 is 0. The number of hydrogen-bond acceptors (Lipinski definition) is 8. The predicted octanol–water partition coefficient (Wildman–Crippen LogP) is -3.46. The van der Waals surface area contributed by atoms with Gasteiger partial charge in [-0.3, -0.25) is 19.2 Å². The fourth-order valence-electron chi connectivity index (χ4n) is 2.50. The lowest BCUT2D eigenvalue weighted by molar-refractivity contribution is -0.143. The number of carbonyl (C=O) groups is 5. The molecule has 0 fully saturated rings. The summed E-state index contributed by atoms with van der Waals surface area (Å²) in [4.78, 5) is 59.5. The van der Waals surface area contributed by atoms with Gasteiger partial charge in [0.25, 0.3) is 0 Å². The number of carbonyl (C=O) groups excluding carboxylic acids is 4. The molecule has 0 saturated heterocycles. The van der Waals surface area contributed by atoms with E-state index in [4.69, 9.17) is 16.6 Å².